The van der Waals surface area contributed by atoms with Crippen molar-refractivity contribution < 1.29 is 110 Å². The molecule has 8 heterocycles. The monoisotopic (exact) mass is 1220 g/mol. The molecule has 0 amide bonds. The number of nitrogens with zero attached hydrogens (tertiary/aromatic N) is 3. The molecule has 5 nitrogen and oxygen atoms in total. The van der Waals surface area contributed by atoms with Crippen molar-refractivity contribution in [2.24, 2.45) is 0 Å². The predicted molar refractivity (Wildman–Crippen MR) is 249 cm³/mol. The third-order valence-corrected chi connectivity index (χ3v) is 14.4. The van der Waals surface area contributed by atoms with Gasteiger partial charge in [0.15, 0.2) is 116 Å². The van der Waals surface area contributed by atoms with E-state index in [2.05, 4.69) is 15.0 Å². The maximum absolute atomic E-state index is 16.7. The fraction of sp³-hybridized carbons (Fsp3) is 0. The van der Waals surface area contributed by atoms with Gasteiger partial charge < -0.3 is 14.4 Å². The number of hydrogen-bond donors (Lipinski definition) is 2. The second kappa shape index (κ2) is 18.1. The Morgan fingerprint density at radius 2 is 0.529 bits per heavy atom. The Bertz CT molecular complexity index is 5120. The molecule has 7 aromatic heterocycles. The van der Waals surface area contributed by atoms with Gasteiger partial charge in [-0.25, -0.2) is 115 Å². The molecule has 0 radical (unpaired) electrons. The summed E-state index contributed by atoms with van der Waals surface area (Å²) in [7, 11) is 0. The second-order valence-corrected chi connectivity index (χ2v) is 18.6. The molecular weight excluding hydrogens is 1210 g/mol. The minimum atomic E-state index is -2.88. The minimum Gasteiger partial charge on any atom is -0.353 e. The lowest BCUT2D eigenvalue weighted by molar-refractivity contribution is 0.381. The number of aromatic amines is 2. The summed E-state index contributed by atoms with van der Waals surface area (Å²) in [4.78, 5) is 8.60. The Morgan fingerprint density at radius 3 is 0.929 bits per heavy atom. The highest BCUT2D eigenvalue weighted by Gasteiger charge is 2.38. The molecule has 85 heavy (non-hydrogen) atoms. The summed E-state index contributed by atoms with van der Waals surface area (Å²) in [5, 5.41) is -1.03. The number of halogens is 25. The number of hydrogen-bond acceptors (Lipinski definition) is 1. The Balaban J connectivity index is 1.40. The van der Waals surface area contributed by atoms with E-state index in [1.165, 1.54) is 0 Å². The Labute approximate surface area is 449 Å². The first kappa shape index (κ1) is 54.4. The van der Waals surface area contributed by atoms with Crippen molar-refractivity contribution in [3.05, 3.63) is 193 Å². The second-order valence-electron chi connectivity index (χ2n) is 18.6. The van der Waals surface area contributed by atoms with Crippen LogP contribution in [-0.2, 0) is 0 Å². The van der Waals surface area contributed by atoms with Gasteiger partial charge in [-0.05, 0) is 48.6 Å². The van der Waals surface area contributed by atoms with E-state index in [4.69, 9.17) is 0 Å². The lowest BCUT2D eigenvalue weighted by Gasteiger charge is -2.12. The molecule has 1 aliphatic heterocycles. The Hall–Kier alpha value is -9.90. The molecule has 0 fully saturated rings. The van der Waals surface area contributed by atoms with Crippen molar-refractivity contribution in [1.29, 1.82) is 0 Å². The molecule has 13 rings (SSSR count). The topological polar surface area (TPSA) is 53.3 Å². The van der Waals surface area contributed by atoms with Gasteiger partial charge in [0.25, 0.3) is 0 Å². The average Bonchev–Trinajstić information content (AvgIpc) is 1.65. The zero-order chi connectivity index (χ0) is 61.1. The van der Waals surface area contributed by atoms with E-state index in [0.717, 1.165) is 0 Å². The van der Waals surface area contributed by atoms with Crippen LogP contribution in [0.25, 0.3) is 123 Å². The summed E-state index contributed by atoms with van der Waals surface area (Å²) in [6.07, 6.45) is 0.967. The highest BCUT2D eigenvalue weighted by Crippen LogP contribution is 2.50. The fourth-order valence-electron chi connectivity index (χ4n) is 10.8. The van der Waals surface area contributed by atoms with E-state index < -0.39 is 268 Å². The van der Waals surface area contributed by atoms with Crippen LogP contribution in [0.1, 0.15) is 11.4 Å². The van der Waals surface area contributed by atoms with E-state index in [-0.39, 0.29) is 0 Å². The summed E-state index contributed by atoms with van der Waals surface area (Å²) < 4.78 is 393. The van der Waals surface area contributed by atoms with Crippen LogP contribution in [0.4, 0.5) is 110 Å². The van der Waals surface area contributed by atoms with Crippen LogP contribution in [0.5, 0.6) is 0 Å². The number of nitrogens with one attached hydrogen (secondary N) is 2. The van der Waals surface area contributed by atoms with Crippen molar-refractivity contribution in [3.63, 3.8) is 0 Å². The van der Waals surface area contributed by atoms with Crippen LogP contribution in [-0.4, -0.2) is 23.8 Å². The highest BCUT2D eigenvalue weighted by atomic mass is 19.2. The molecule has 0 unspecified atom stereocenters. The zero-order valence-corrected chi connectivity index (χ0v) is 39.9. The molecule has 6 bridgehead atoms. The minimum absolute atomic E-state index is 0.410. The third kappa shape index (κ3) is 6.85. The van der Waals surface area contributed by atoms with Gasteiger partial charge in [0.1, 0.15) is 5.65 Å². The van der Waals surface area contributed by atoms with Gasteiger partial charge in [-0.15, -0.1) is 0 Å². The quantitative estimate of drug-likeness (QED) is 0.101. The van der Waals surface area contributed by atoms with Crippen molar-refractivity contribution in [2.75, 3.05) is 0 Å². The van der Waals surface area contributed by atoms with Gasteiger partial charge in [0, 0.05) is 33.2 Å². The molecule has 0 aliphatic carbocycles. The maximum atomic E-state index is 16.7. The SMILES string of the molecule is Fc1c(F)c(F)c(-c2c3nc(c(-c4c(F)c(F)c(F)c(F)c4F)c4ccc5c(-c6c(F)c(F)c(F)c(F)c6F)c6[nH]c(cc6n45)c(-c4c(F)c(F)c(F)c(F)c4F)c4ccc5c(-c6c(F)c(F)c(F)c(F)c6F)c6cc2[nH]c6n45)C=C3)c(F)c1F. The van der Waals surface area contributed by atoms with E-state index >= 15 is 87.8 Å². The van der Waals surface area contributed by atoms with E-state index in [9.17, 15) is 22.0 Å². The fourth-order valence-corrected chi connectivity index (χ4v) is 10.8. The van der Waals surface area contributed by atoms with E-state index in [1.807, 2.05) is 0 Å². The molecule has 30 heteroatoms. The van der Waals surface area contributed by atoms with Crippen molar-refractivity contribution in [1.82, 2.24) is 23.8 Å². The van der Waals surface area contributed by atoms with Gasteiger partial charge in [-0.1, -0.05) is 0 Å². The lowest BCUT2D eigenvalue weighted by Crippen LogP contribution is -2.06. The summed E-state index contributed by atoms with van der Waals surface area (Å²) in [6.45, 7) is 0. The first-order valence-electron chi connectivity index (χ1n) is 23.2. The van der Waals surface area contributed by atoms with E-state index in [1.54, 1.807) is 0 Å². The number of rotatable bonds is 5. The molecule has 12 aromatic rings. The Kier molecular flexibility index (Phi) is 11.5. The molecule has 0 saturated heterocycles. The third-order valence-electron chi connectivity index (χ3n) is 14.4. The molecule has 2 N–H and O–H groups in total. The summed E-state index contributed by atoms with van der Waals surface area (Å²) in [5.41, 5.74) is -29.4. The normalized spacial score (nSPS) is 12.5. The lowest BCUT2D eigenvalue weighted by atomic mass is 9.99. The van der Waals surface area contributed by atoms with Crippen molar-refractivity contribution >= 4 is 67.3 Å². The largest absolute Gasteiger partial charge is 0.353 e. The number of benzene rings is 5. The first-order valence-corrected chi connectivity index (χ1v) is 23.2. The molecule has 0 saturated carbocycles. The van der Waals surface area contributed by atoms with Crippen LogP contribution in [0.3, 0.4) is 0 Å². The van der Waals surface area contributed by atoms with Crippen LogP contribution < -0.4 is 0 Å². The maximum Gasteiger partial charge on any atom is 0.200 e. The zero-order valence-electron chi connectivity index (χ0n) is 39.9. The van der Waals surface area contributed by atoms with Gasteiger partial charge in [-0.3, -0.25) is 4.40 Å². The summed E-state index contributed by atoms with van der Waals surface area (Å²) >= 11 is 0. The summed E-state index contributed by atoms with van der Waals surface area (Å²) in [6, 6.07) is 3.23. The standard InChI is InChI=1S/C55H10F25N5/c56-29-24(30(57)40(67)49(76)39(29)66)19-9-7-12-20(25-31(58)41(68)50(77)42(69)32(25)59)10-1-2-11(81-10)21(26-33(60)43(70)51(78)44(71)34(26)61)15-4-6-17-23(28-37(64)47(74)53(80)48(75)38(28)65)54-18(84(15)17)8-13(82-54)22(16-5-3-14(19)85(16)55(9)83-12)27-35(62)45(72)52(79)46(73)36(27)63/h1-8,82-83H. The number of aromatic nitrogens is 5. The van der Waals surface area contributed by atoms with Gasteiger partial charge in [0.05, 0.1) is 83.3 Å². The van der Waals surface area contributed by atoms with E-state index in [0.29, 0.717) is 57.4 Å². The van der Waals surface area contributed by atoms with Gasteiger partial charge in [-0.2, -0.15) is 0 Å². The van der Waals surface area contributed by atoms with Crippen LogP contribution in [0, 0.1) is 145 Å². The predicted octanol–water partition coefficient (Wildman–Crippen LogP) is 17.7. The molecule has 430 valence electrons. The molecular formula is C55H10F25N5. The average molecular weight is 1220 g/mol. The van der Waals surface area contributed by atoms with Crippen LogP contribution in [0.2, 0.25) is 0 Å². The highest BCUT2D eigenvalue weighted by molar-refractivity contribution is 6.14. The number of fused-ring (bicyclic) bond motifs is 4. The molecule has 5 aromatic carbocycles. The Morgan fingerprint density at radius 1 is 0.247 bits per heavy atom. The first-order chi connectivity index (χ1) is 40.1. The molecule has 0 atom stereocenters. The number of H-pyrrole nitrogens is 2. The smallest absolute Gasteiger partial charge is 0.200 e. The molecule has 1 aliphatic rings. The molecule has 0 spiro atoms. The van der Waals surface area contributed by atoms with Gasteiger partial charge >= 0.3 is 0 Å². The van der Waals surface area contributed by atoms with Gasteiger partial charge in [0.2, 0.25) is 29.1 Å². The van der Waals surface area contributed by atoms with Crippen molar-refractivity contribution in [2.45, 2.75) is 0 Å². The van der Waals surface area contributed by atoms with Crippen LogP contribution in [0.15, 0.2) is 36.4 Å². The summed E-state index contributed by atoms with van der Waals surface area (Å²) in [5.74, 6) is -69.3. The van der Waals surface area contributed by atoms with Crippen LogP contribution >= 0.6 is 0 Å². The van der Waals surface area contributed by atoms with Crippen molar-refractivity contribution in [3.8, 4) is 55.6 Å².